The topological polar surface area (TPSA) is 88.4 Å². The van der Waals surface area contributed by atoms with E-state index in [0.717, 1.165) is 0 Å². The fourth-order valence-corrected chi connectivity index (χ4v) is 2.43. The number of thiophene rings is 1. The molecule has 0 saturated carbocycles. The van der Waals surface area contributed by atoms with Gasteiger partial charge >= 0.3 is 5.97 Å². The zero-order valence-electron chi connectivity index (χ0n) is 12.6. The van der Waals surface area contributed by atoms with E-state index in [1.54, 1.807) is 11.4 Å². The van der Waals surface area contributed by atoms with Crippen LogP contribution in [0.5, 0.6) is 5.75 Å². The van der Waals surface area contributed by atoms with Gasteiger partial charge in [0.25, 0.3) is 5.91 Å². The molecule has 0 aliphatic rings. The first kappa shape index (κ1) is 17.4. The molecule has 124 valence electrons. The predicted molar refractivity (Wildman–Crippen MR) is 85.1 cm³/mol. The highest BCUT2D eigenvalue weighted by atomic mass is 32.1. The fourth-order valence-electron chi connectivity index (χ4n) is 1.68. The number of hydrogen-bond acceptors (Lipinski definition) is 6. The van der Waals surface area contributed by atoms with E-state index < -0.39 is 30.4 Å². The maximum absolute atomic E-state index is 12.8. The third-order valence-corrected chi connectivity index (χ3v) is 3.67. The van der Waals surface area contributed by atoms with Crippen LogP contribution in [0.15, 0.2) is 35.7 Å². The second kappa shape index (κ2) is 8.08. The first-order chi connectivity index (χ1) is 11.5. The Labute approximate surface area is 141 Å². The summed E-state index contributed by atoms with van der Waals surface area (Å²) in [6.45, 7) is 0.954. The molecule has 0 aliphatic carbocycles. The Morgan fingerprint density at radius 2 is 2.04 bits per heavy atom. The van der Waals surface area contributed by atoms with Gasteiger partial charge in [0.15, 0.2) is 12.7 Å². The van der Waals surface area contributed by atoms with Crippen molar-refractivity contribution in [3.05, 3.63) is 47.1 Å². The highest BCUT2D eigenvalue weighted by molar-refractivity contribution is 7.14. The number of rotatable bonds is 6. The third-order valence-electron chi connectivity index (χ3n) is 2.84. The number of nitrogens with zero attached hydrogens (tertiary/aromatic N) is 1. The van der Waals surface area contributed by atoms with Gasteiger partial charge in [-0.05, 0) is 42.6 Å². The molecule has 0 spiro atoms. The van der Waals surface area contributed by atoms with Crippen molar-refractivity contribution in [1.29, 1.82) is 5.26 Å². The van der Waals surface area contributed by atoms with Gasteiger partial charge < -0.3 is 14.8 Å². The lowest BCUT2D eigenvalue weighted by molar-refractivity contribution is -0.153. The van der Waals surface area contributed by atoms with Gasteiger partial charge in [0, 0.05) is 0 Å². The summed E-state index contributed by atoms with van der Waals surface area (Å²) in [6.07, 6.45) is -0.959. The Morgan fingerprint density at radius 1 is 1.33 bits per heavy atom. The van der Waals surface area contributed by atoms with Crippen molar-refractivity contribution in [1.82, 2.24) is 0 Å². The van der Waals surface area contributed by atoms with Crippen LogP contribution in [0.25, 0.3) is 0 Å². The van der Waals surface area contributed by atoms with Gasteiger partial charge in [-0.1, -0.05) is 0 Å². The Bertz CT molecular complexity index is 767. The zero-order valence-corrected chi connectivity index (χ0v) is 13.4. The Balaban J connectivity index is 1.80. The molecular formula is C16H13FN2O4S. The molecule has 1 amide bonds. The van der Waals surface area contributed by atoms with Gasteiger partial charge in [-0.3, -0.25) is 4.79 Å². The molecule has 6 nitrogen and oxygen atoms in total. The van der Waals surface area contributed by atoms with E-state index in [0.29, 0.717) is 16.3 Å². The Hall–Kier alpha value is -2.92. The molecule has 2 aromatic rings. The van der Waals surface area contributed by atoms with Crippen LogP contribution in [0.3, 0.4) is 0 Å². The largest absolute Gasteiger partial charge is 0.479 e. The van der Waals surface area contributed by atoms with Crippen LogP contribution in [0.2, 0.25) is 0 Å². The molecule has 1 aromatic carbocycles. The van der Waals surface area contributed by atoms with E-state index in [1.807, 2.05) is 6.07 Å². The lowest BCUT2D eigenvalue weighted by atomic mass is 10.3. The van der Waals surface area contributed by atoms with Gasteiger partial charge in [-0.15, -0.1) is 11.3 Å². The van der Waals surface area contributed by atoms with E-state index in [2.05, 4.69) is 5.32 Å². The predicted octanol–water partition coefficient (Wildman–Crippen LogP) is 2.71. The standard InChI is InChI=1S/C16H13FN2O4S/c1-10(23-13-4-2-12(17)3-5-13)16(21)22-9-14(20)19-15-11(8-18)6-7-24-15/h2-7,10H,9H2,1H3,(H,19,20)/t10-/m1/s1. The number of carbonyl (C=O) groups is 2. The Kier molecular flexibility index (Phi) is 5.87. The van der Waals surface area contributed by atoms with Crippen molar-refractivity contribution in [3.8, 4) is 11.8 Å². The second-order valence-corrected chi connectivity index (χ2v) is 5.56. The quantitative estimate of drug-likeness (QED) is 0.811. The molecule has 1 heterocycles. The number of nitrogens with one attached hydrogen (secondary N) is 1. The number of carbonyl (C=O) groups excluding carboxylic acids is 2. The molecule has 8 heteroatoms. The molecule has 0 radical (unpaired) electrons. The summed E-state index contributed by atoms with van der Waals surface area (Å²) in [7, 11) is 0. The van der Waals surface area contributed by atoms with Crippen molar-refractivity contribution < 1.29 is 23.5 Å². The molecule has 0 aliphatic heterocycles. The van der Waals surface area contributed by atoms with Crippen LogP contribution in [-0.4, -0.2) is 24.6 Å². The van der Waals surface area contributed by atoms with E-state index in [9.17, 15) is 14.0 Å². The van der Waals surface area contributed by atoms with E-state index in [1.165, 1.54) is 42.5 Å². The molecule has 0 unspecified atom stereocenters. The summed E-state index contributed by atoms with van der Waals surface area (Å²) in [6, 6.07) is 8.68. The number of benzene rings is 1. The smallest absolute Gasteiger partial charge is 0.347 e. The molecule has 0 fully saturated rings. The van der Waals surface area contributed by atoms with Crippen LogP contribution in [-0.2, 0) is 14.3 Å². The average Bonchev–Trinajstić information content (AvgIpc) is 3.01. The molecule has 1 aromatic heterocycles. The van der Waals surface area contributed by atoms with Crippen molar-refractivity contribution in [2.24, 2.45) is 0 Å². The molecule has 24 heavy (non-hydrogen) atoms. The van der Waals surface area contributed by atoms with Gasteiger partial charge in [0.1, 0.15) is 22.6 Å². The maximum atomic E-state index is 12.8. The van der Waals surface area contributed by atoms with Crippen LogP contribution < -0.4 is 10.1 Å². The maximum Gasteiger partial charge on any atom is 0.347 e. The SMILES string of the molecule is C[C@@H](Oc1ccc(F)cc1)C(=O)OCC(=O)Nc1sccc1C#N. The van der Waals surface area contributed by atoms with Crippen molar-refractivity contribution in [2.45, 2.75) is 13.0 Å². The highest BCUT2D eigenvalue weighted by Gasteiger charge is 2.18. The van der Waals surface area contributed by atoms with Gasteiger partial charge in [0.2, 0.25) is 0 Å². The normalized spacial score (nSPS) is 11.2. The van der Waals surface area contributed by atoms with Crippen molar-refractivity contribution >= 4 is 28.2 Å². The summed E-state index contributed by atoms with van der Waals surface area (Å²) in [5.41, 5.74) is 0.340. The molecule has 1 N–H and O–H groups in total. The highest BCUT2D eigenvalue weighted by Crippen LogP contribution is 2.21. The zero-order chi connectivity index (χ0) is 17.5. The summed E-state index contributed by atoms with van der Waals surface area (Å²) < 4.78 is 22.9. The van der Waals surface area contributed by atoms with Gasteiger partial charge in [0.05, 0.1) is 5.56 Å². The fraction of sp³-hybridized carbons (Fsp3) is 0.188. The minimum absolute atomic E-state index is 0.308. The van der Waals surface area contributed by atoms with E-state index in [4.69, 9.17) is 14.7 Å². The number of ether oxygens (including phenoxy) is 2. The number of hydrogen-bond donors (Lipinski definition) is 1. The van der Waals surface area contributed by atoms with E-state index >= 15 is 0 Å². The number of amides is 1. The lowest BCUT2D eigenvalue weighted by Gasteiger charge is -2.13. The number of anilines is 1. The molecular weight excluding hydrogens is 335 g/mol. The lowest BCUT2D eigenvalue weighted by Crippen LogP contribution is -2.29. The van der Waals surface area contributed by atoms with Crippen molar-refractivity contribution in [2.75, 3.05) is 11.9 Å². The first-order valence-electron chi connectivity index (χ1n) is 6.86. The third kappa shape index (κ3) is 4.79. The average molecular weight is 348 g/mol. The molecule has 2 rings (SSSR count). The number of halogens is 1. The summed E-state index contributed by atoms with van der Waals surface area (Å²) in [4.78, 5) is 23.5. The van der Waals surface area contributed by atoms with Crippen molar-refractivity contribution in [3.63, 3.8) is 0 Å². The van der Waals surface area contributed by atoms with Gasteiger partial charge in [-0.25, -0.2) is 9.18 Å². The van der Waals surface area contributed by atoms with Gasteiger partial charge in [-0.2, -0.15) is 5.26 Å². The Morgan fingerprint density at radius 3 is 2.71 bits per heavy atom. The number of esters is 1. The van der Waals surface area contributed by atoms with Crippen LogP contribution in [0.4, 0.5) is 9.39 Å². The minimum Gasteiger partial charge on any atom is -0.479 e. The van der Waals surface area contributed by atoms with Crippen LogP contribution in [0.1, 0.15) is 12.5 Å². The van der Waals surface area contributed by atoms with Crippen LogP contribution >= 0.6 is 11.3 Å². The van der Waals surface area contributed by atoms with Crippen LogP contribution in [0, 0.1) is 17.1 Å². The summed E-state index contributed by atoms with van der Waals surface area (Å²) in [5, 5.41) is 13.4. The monoisotopic (exact) mass is 348 g/mol. The second-order valence-electron chi connectivity index (χ2n) is 4.65. The summed E-state index contributed by atoms with van der Waals surface area (Å²) >= 11 is 1.20. The van der Waals surface area contributed by atoms with E-state index in [-0.39, 0.29) is 0 Å². The molecule has 1 atom stereocenters. The first-order valence-corrected chi connectivity index (χ1v) is 7.74. The minimum atomic E-state index is -0.959. The number of nitriles is 1. The summed E-state index contributed by atoms with van der Waals surface area (Å²) in [5.74, 6) is -1.40. The molecule has 0 saturated heterocycles. The molecule has 0 bridgehead atoms.